The second-order valence-electron chi connectivity index (χ2n) is 5.35. The van der Waals surface area contributed by atoms with Crippen molar-refractivity contribution < 1.29 is 4.74 Å². The summed E-state index contributed by atoms with van der Waals surface area (Å²) in [5.41, 5.74) is 2.58. The smallest absolute Gasteiger partial charge is 0.152 e. The third-order valence-electron chi connectivity index (χ3n) is 4.23. The van der Waals surface area contributed by atoms with Gasteiger partial charge in [-0.05, 0) is 71.3 Å². The van der Waals surface area contributed by atoms with Crippen molar-refractivity contribution in [3.63, 3.8) is 0 Å². The number of pyridine rings is 1. The van der Waals surface area contributed by atoms with Crippen molar-refractivity contribution in [1.29, 1.82) is 0 Å². The topological polar surface area (TPSA) is 34.1 Å². The number of fused-ring (bicyclic) bond motifs is 1. The summed E-state index contributed by atoms with van der Waals surface area (Å²) in [6, 6.07) is 2.72. The first-order valence-electron chi connectivity index (χ1n) is 6.90. The van der Waals surface area contributed by atoms with Crippen LogP contribution >= 0.6 is 15.9 Å². The molecule has 0 unspecified atom stereocenters. The lowest BCUT2D eigenvalue weighted by molar-refractivity contribution is 0.278. The van der Waals surface area contributed by atoms with Gasteiger partial charge in [0.15, 0.2) is 5.75 Å². The van der Waals surface area contributed by atoms with Crippen LogP contribution in [0.1, 0.15) is 31.2 Å². The molecule has 19 heavy (non-hydrogen) atoms. The molecule has 1 saturated heterocycles. The van der Waals surface area contributed by atoms with Gasteiger partial charge in [0.25, 0.3) is 0 Å². The fraction of sp³-hybridized carbons (Fsp3) is 0.533. The summed E-state index contributed by atoms with van der Waals surface area (Å²) in [6.45, 7) is 1.16. The summed E-state index contributed by atoms with van der Waals surface area (Å²) in [6.07, 6.45) is 9.30. The number of methoxy groups -OCH3 is 1. The van der Waals surface area contributed by atoms with Crippen molar-refractivity contribution in [2.45, 2.75) is 31.7 Å². The number of nitrogens with one attached hydrogen (secondary N) is 1. The first-order chi connectivity index (χ1) is 9.28. The van der Waals surface area contributed by atoms with Crippen molar-refractivity contribution in [1.82, 2.24) is 10.3 Å². The Hall–Kier alpha value is -0.870. The van der Waals surface area contributed by atoms with E-state index < -0.39 is 0 Å². The molecule has 2 heterocycles. The first-order valence-corrected chi connectivity index (χ1v) is 7.69. The molecule has 102 valence electrons. The lowest BCUT2D eigenvalue weighted by Crippen LogP contribution is -2.42. The van der Waals surface area contributed by atoms with E-state index in [1.54, 1.807) is 7.11 Å². The third kappa shape index (κ3) is 2.70. The molecule has 0 spiro atoms. The Morgan fingerprint density at radius 2 is 2.37 bits per heavy atom. The Balaban J connectivity index is 1.84. The maximum Gasteiger partial charge on any atom is 0.152 e. The molecule has 3 rings (SSSR count). The van der Waals surface area contributed by atoms with Crippen molar-refractivity contribution in [3.8, 4) is 5.75 Å². The normalized spacial score (nSPS) is 26.5. The molecular formula is C15H19BrN2O. The number of ether oxygens (including phenoxy) is 1. The molecular weight excluding hydrogens is 304 g/mol. The predicted molar refractivity (Wildman–Crippen MR) is 80.2 cm³/mol. The minimum atomic E-state index is 0.642. The monoisotopic (exact) mass is 322 g/mol. The molecule has 1 aromatic heterocycles. The number of allylic oxidation sites excluding steroid dienone is 1. The van der Waals surface area contributed by atoms with Gasteiger partial charge in [-0.1, -0.05) is 6.08 Å². The van der Waals surface area contributed by atoms with Crippen LogP contribution in [-0.4, -0.2) is 24.7 Å². The Kier molecular flexibility index (Phi) is 3.89. The minimum Gasteiger partial charge on any atom is -0.494 e. The molecule has 1 fully saturated rings. The highest BCUT2D eigenvalue weighted by Gasteiger charge is 2.28. The van der Waals surface area contributed by atoms with Crippen LogP contribution in [0.3, 0.4) is 0 Å². The summed E-state index contributed by atoms with van der Waals surface area (Å²) < 4.78 is 6.10. The Bertz CT molecular complexity index is 501. The van der Waals surface area contributed by atoms with Crippen molar-refractivity contribution >= 4 is 21.5 Å². The van der Waals surface area contributed by atoms with E-state index in [1.165, 1.54) is 30.4 Å². The zero-order valence-electron chi connectivity index (χ0n) is 11.2. The molecule has 0 radical (unpaired) electrons. The number of rotatable bonds is 2. The van der Waals surface area contributed by atoms with Gasteiger partial charge in [-0.25, -0.2) is 4.98 Å². The first kappa shape index (κ1) is 13.1. The van der Waals surface area contributed by atoms with Gasteiger partial charge in [0.2, 0.25) is 0 Å². The van der Waals surface area contributed by atoms with Crippen molar-refractivity contribution in [2.75, 3.05) is 13.7 Å². The third-order valence-corrected chi connectivity index (χ3v) is 4.83. The number of nitrogens with zero attached hydrogens (tertiary/aromatic N) is 1. The highest BCUT2D eigenvalue weighted by Crippen LogP contribution is 2.36. The number of halogens is 1. The molecule has 0 amide bonds. The van der Waals surface area contributed by atoms with E-state index >= 15 is 0 Å². The summed E-state index contributed by atoms with van der Waals surface area (Å²) in [5, 5.41) is 3.66. The second kappa shape index (κ2) is 5.63. The molecule has 1 aliphatic heterocycles. The van der Waals surface area contributed by atoms with E-state index in [2.05, 4.69) is 38.4 Å². The van der Waals surface area contributed by atoms with Gasteiger partial charge >= 0.3 is 0 Å². The van der Waals surface area contributed by atoms with E-state index in [9.17, 15) is 0 Å². The fourth-order valence-corrected chi connectivity index (χ4v) is 3.52. The second-order valence-corrected chi connectivity index (χ2v) is 6.10. The van der Waals surface area contributed by atoms with Gasteiger partial charge in [0.05, 0.1) is 7.11 Å². The molecule has 0 saturated carbocycles. The minimum absolute atomic E-state index is 0.642. The highest BCUT2D eigenvalue weighted by atomic mass is 79.9. The van der Waals surface area contributed by atoms with Crippen molar-refractivity contribution in [2.24, 2.45) is 5.92 Å². The van der Waals surface area contributed by atoms with Gasteiger partial charge in [0, 0.05) is 12.2 Å². The summed E-state index contributed by atoms with van der Waals surface area (Å²) in [7, 11) is 1.68. The number of hydrogen-bond acceptors (Lipinski definition) is 3. The molecule has 0 aromatic carbocycles. The largest absolute Gasteiger partial charge is 0.494 e. The Morgan fingerprint density at radius 3 is 3.21 bits per heavy atom. The predicted octanol–water partition coefficient (Wildman–Crippen LogP) is 3.40. The lowest BCUT2D eigenvalue weighted by atomic mass is 9.78. The van der Waals surface area contributed by atoms with Crippen LogP contribution in [0.25, 0.3) is 5.57 Å². The number of aromatic nitrogens is 1. The van der Waals surface area contributed by atoms with Crippen LogP contribution in [-0.2, 0) is 0 Å². The zero-order valence-corrected chi connectivity index (χ0v) is 12.7. The summed E-state index contributed by atoms with van der Waals surface area (Å²) in [4.78, 5) is 4.36. The molecule has 3 nitrogen and oxygen atoms in total. The summed E-state index contributed by atoms with van der Waals surface area (Å²) >= 11 is 3.40. The Morgan fingerprint density at radius 1 is 1.47 bits per heavy atom. The van der Waals surface area contributed by atoms with Gasteiger partial charge in [-0.2, -0.15) is 0 Å². The average molecular weight is 323 g/mol. The van der Waals surface area contributed by atoms with Gasteiger partial charge in [-0.15, -0.1) is 0 Å². The molecule has 2 atom stereocenters. The van der Waals surface area contributed by atoms with E-state index in [4.69, 9.17) is 4.74 Å². The quantitative estimate of drug-likeness (QED) is 0.847. The van der Waals surface area contributed by atoms with E-state index in [0.29, 0.717) is 6.04 Å². The zero-order chi connectivity index (χ0) is 13.2. The van der Waals surface area contributed by atoms with E-state index in [0.717, 1.165) is 29.2 Å². The van der Waals surface area contributed by atoms with E-state index in [1.807, 2.05) is 6.20 Å². The molecule has 2 aliphatic rings. The van der Waals surface area contributed by atoms with Crippen molar-refractivity contribution in [3.05, 3.63) is 28.5 Å². The standard InChI is InChI=1S/C15H19BrN2O/c1-19-14-8-12(9-18-15(14)16)11-5-4-10-3-2-6-17-13(10)7-11/h5,8-10,13,17H,2-4,6-7H2,1H3/t10-,13+/m1/s1. The number of hydrogen-bond donors (Lipinski definition) is 1. The van der Waals surface area contributed by atoms with Gasteiger partial charge in [-0.3, -0.25) is 0 Å². The van der Waals surface area contributed by atoms with Crippen LogP contribution < -0.4 is 10.1 Å². The maximum atomic E-state index is 5.33. The summed E-state index contributed by atoms with van der Waals surface area (Å²) in [5.74, 6) is 1.62. The van der Waals surface area contributed by atoms with E-state index in [-0.39, 0.29) is 0 Å². The van der Waals surface area contributed by atoms with Gasteiger partial charge < -0.3 is 10.1 Å². The lowest BCUT2D eigenvalue weighted by Gasteiger charge is -2.36. The Labute approximate surface area is 122 Å². The highest BCUT2D eigenvalue weighted by molar-refractivity contribution is 9.10. The van der Waals surface area contributed by atoms with Crippen LogP contribution in [0.5, 0.6) is 5.75 Å². The van der Waals surface area contributed by atoms with Crippen LogP contribution in [0.15, 0.2) is 22.9 Å². The fourth-order valence-electron chi connectivity index (χ4n) is 3.14. The van der Waals surface area contributed by atoms with Crippen LogP contribution in [0.4, 0.5) is 0 Å². The van der Waals surface area contributed by atoms with Gasteiger partial charge in [0.1, 0.15) is 4.60 Å². The molecule has 1 aliphatic carbocycles. The van der Waals surface area contributed by atoms with Crippen LogP contribution in [0, 0.1) is 5.92 Å². The molecule has 1 N–H and O–H groups in total. The maximum absolute atomic E-state index is 5.33. The molecule has 4 heteroatoms. The molecule has 1 aromatic rings. The SMILES string of the molecule is COc1cc(C2=CC[C@H]3CCCN[C@H]3C2)cnc1Br. The number of piperidine rings is 1. The average Bonchev–Trinajstić information content (AvgIpc) is 2.47. The van der Waals surface area contributed by atoms with Crippen LogP contribution in [0.2, 0.25) is 0 Å². The molecule has 0 bridgehead atoms.